The Labute approximate surface area is 98.7 Å². The number of benzene rings is 1. The van der Waals surface area contributed by atoms with E-state index in [4.69, 9.17) is 16.3 Å². The van der Waals surface area contributed by atoms with Crippen LogP contribution in [0.3, 0.4) is 0 Å². The summed E-state index contributed by atoms with van der Waals surface area (Å²) in [5, 5.41) is 9.67. The van der Waals surface area contributed by atoms with Gasteiger partial charge in [-0.05, 0) is 24.6 Å². The highest BCUT2D eigenvalue weighted by Crippen LogP contribution is 2.27. The largest absolute Gasteiger partial charge is 0.480 e. The standard InChI is InChI=1S/C11H13ClO4/c1-7(13)8-3-4-10(9(12)5-8)16-6-11(14)15-2/h3-5,7,13H,6H2,1-2H3/t7-/m0/s1. The van der Waals surface area contributed by atoms with Gasteiger partial charge in [0.05, 0.1) is 18.2 Å². The van der Waals surface area contributed by atoms with Gasteiger partial charge in [-0.1, -0.05) is 17.7 Å². The van der Waals surface area contributed by atoms with E-state index in [-0.39, 0.29) is 6.61 Å². The van der Waals surface area contributed by atoms with Crippen molar-refractivity contribution in [1.29, 1.82) is 0 Å². The molecule has 4 nitrogen and oxygen atoms in total. The lowest BCUT2D eigenvalue weighted by Crippen LogP contribution is -2.12. The molecule has 0 spiro atoms. The van der Waals surface area contributed by atoms with Crippen molar-refractivity contribution >= 4 is 17.6 Å². The molecule has 0 aliphatic heterocycles. The summed E-state index contributed by atoms with van der Waals surface area (Å²) in [6, 6.07) is 4.88. The van der Waals surface area contributed by atoms with Crippen LogP contribution in [0, 0.1) is 0 Å². The number of ether oxygens (including phenoxy) is 2. The van der Waals surface area contributed by atoms with Crippen molar-refractivity contribution in [2.75, 3.05) is 13.7 Å². The summed E-state index contributed by atoms with van der Waals surface area (Å²) in [6.45, 7) is 1.45. The summed E-state index contributed by atoms with van der Waals surface area (Å²) in [4.78, 5) is 10.8. The summed E-state index contributed by atoms with van der Waals surface area (Å²) < 4.78 is 9.56. The van der Waals surface area contributed by atoms with Crippen molar-refractivity contribution in [2.45, 2.75) is 13.0 Å². The van der Waals surface area contributed by atoms with E-state index in [1.54, 1.807) is 25.1 Å². The monoisotopic (exact) mass is 244 g/mol. The van der Waals surface area contributed by atoms with E-state index < -0.39 is 12.1 Å². The maximum absolute atomic E-state index is 10.8. The third kappa shape index (κ3) is 3.40. The molecule has 0 heterocycles. The van der Waals surface area contributed by atoms with E-state index in [1.165, 1.54) is 7.11 Å². The number of aliphatic hydroxyl groups excluding tert-OH is 1. The van der Waals surface area contributed by atoms with Gasteiger partial charge in [-0.25, -0.2) is 4.79 Å². The van der Waals surface area contributed by atoms with Crippen LogP contribution in [0.2, 0.25) is 5.02 Å². The molecule has 0 fully saturated rings. The molecule has 16 heavy (non-hydrogen) atoms. The smallest absolute Gasteiger partial charge is 0.343 e. The normalized spacial score (nSPS) is 12.0. The number of rotatable bonds is 4. The van der Waals surface area contributed by atoms with Gasteiger partial charge in [0.1, 0.15) is 5.75 Å². The first-order valence-corrected chi connectivity index (χ1v) is 5.09. The number of aliphatic hydroxyl groups is 1. The molecule has 0 aliphatic carbocycles. The molecule has 1 rings (SSSR count). The molecule has 0 aromatic heterocycles. The summed E-state index contributed by atoms with van der Waals surface area (Å²) >= 11 is 5.91. The zero-order valence-electron chi connectivity index (χ0n) is 9.07. The minimum Gasteiger partial charge on any atom is -0.480 e. The number of hydrogen-bond donors (Lipinski definition) is 1. The fourth-order valence-corrected chi connectivity index (χ4v) is 1.33. The van der Waals surface area contributed by atoms with Crippen LogP contribution in [0.1, 0.15) is 18.6 Å². The summed E-state index contributed by atoms with van der Waals surface area (Å²) in [5.74, 6) is -0.0906. The minimum absolute atomic E-state index is 0.190. The van der Waals surface area contributed by atoms with Crippen LogP contribution in [0.5, 0.6) is 5.75 Å². The average molecular weight is 245 g/mol. The molecule has 0 aliphatic rings. The number of carbonyl (C=O) groups is 1. The Balaban J connectivity index is 2.72. The van der Waals surface area contributed by atoms with Crippen LogP contribution < -0.4 is 4.74 Å². The van der Waals surface area contributed by atoms with Crippen LogP contribution in [0.15, 0.2) is 18.2 Å². The number of carbonyl (C=O) groups excluding carboxylic acids is 1. The van der Waals surface area contributed by atoms with Gasteiger partial charge in [-0.15, -0.1) is 0 Å². The van der Waals surface area contributed by atoms with Crippen LogP contribution >= 0.6 is 11.6 Å². The zero-order valence-corrected chi connectivity index (χ0v) is 9.82. The fourth-order valence-electron chi connectivity index (χ4n) is 1.09. The van der Waals surface area contributed by atoms with Crippen LogP contribution in [0.25, 0.3) is 0 Å². The lowest BCUT2D eigenvalue weighted by molar-refractivity contribution is -0.142. The van der Waals surface area contributed by atoms with Gasteiger partial charge in [-0.2, -0.15) is 0 Å². The van der Waals surface area contributed by atoms with Gasteiger partial charge in [0.25, 0.3) is 0 Å². The van der Waals surface area contributed by atoms with Crippen molar-refractivity contribution in [3.05, 3.63) is 28.8 Å². The highest BCUT2D eigenvalue weighted by molar-refractivity contribution is 6.32. The molecule has 1 N–H and O–H groups in total. The Morgan fingerprint density at radius 1 is 1.56 bits per heavy atom. The number of hydrogen-bond acceptors (Lipinski definition) is 4. The molecular formula is C11H13ClO4. The maximum Gasteiger partial charge on any atom is 0.343 e. The molecule has 0 amide bonds. The maximum atomic E-state index is 10.8. The Hall–Kier alpha value is -1.26. The van der Waals surface area contributed by atoms with Crippen molar-refractivity contribution in [3.63, 3.8) is 0 Å². The van der Waals surface area contributed by atoms with Gasteiger partial charge in [0.15, 0.2) is 6.61 Å². The highest BCUT2D eigenvalue weighted by atomic mass is 35.5. The lowest BCUT2D eigenvalue weighted by atomic mass is 10.1. The van der Waals surface area contributed by atoms with E-state index in [0.29, 0.717) is 16.3 Å². The lowest BCUT2D eigenvalue weighted by Gasteiger charge is -2.09. The molecule has 0 unspecified atom stereocenters. The summed E-state index contributed by atoms with van der Waals surface area (Å²) in [6.07, 6.45) is -0.591. The van der Waals surface area contributed by atoms with E-state index in [9.17, 15) is 9.90 Å². The molecule has 88 valence electrons. The Morgan fingerprint density at radius 2 is 2.25 bits per heavy atom. The molecule has 1 aromatic carbocycles. The molecule has 0 radical (unpaired) electrons. The van der Waals surface area contributed by atoms with Crippen molar-refractivity contribution in [1.82, 2.24) is 0 Å². The number of methoxy groups -OCH3 is 1. The average Bonchev–Trinajstić information content (AvgIpc) is 2.26. The van der Waals surface area contributed by atoms with E-state index in [2.05, 4.69) is 4.74 Å². The SMILES string of the molecule is COC(=O)COc1ccc([C@H](C)O)cc1Cl. The van der Waals surface area contributed by atoms with Crippen molar-refractivity contribution < 1.29 is 19.4 Å². The first-order chi connectivity index (χ1) is 7.54. The molecular weight excluding hydrogens is 232 g/mol. The van der Waals surface area contributed by atoms with Gasteiger partial charge < -0.3 is 14.6 Å². The molecule has 5 heteroatoms. The summed E-state index contributed by atoms with van der Waals surface area (Å²) in [7, 11) is 1.28. The Kier molecular flexibility index (Phi) is 4.58. The predicted octanol–water partition coefficient (Wildman–Crippen LogP) is 1.95. The third-order valence-electron chi connectivity index (χ3n) is 2.01. The van der Waals surface area contributed by atoms with Gasteiger partial charge in [0, 0.05) is 0 Å². The molecule has 0 saturated carbocycles. The second kappa shape index (κ2) is 5.72. The topological polar surface area (TPSA) is 55.8 Å². The Morgan fingerprint density at radius 3 is 2.75 bits per heavy atom. The second-order valence-electron chi connectivity index (χ2n) is 3.23. The van der Waals surface area contributed by atoms with Gasteiger partial charge in [-0.3, -0.25) is 0 Å². The van der Waals surface area contributed by atoms with E-state index in [1.807, 2.05) is 0 Å². The van der Waals surface area contributed by atoms with Crippen LogP contribution in [0.4, 0.5) is 0 Å². The minimum atomic E-state index is -0.591. The molecule has 0 bridgehead atoms. The quantitative estimate of drug-likeness (QED) is 0.823. The highest BCUT2D eigenvalue weighted by Gasteiger charge is 2.08. The van der Waals surface area contributed by atoms with Crippen molar-refractivity contribution in [3.8, 4) is 5.75 Å². The fraction of sp³-hybridized carbons (Fsp3) is 0.364. The van der Waals surface area contributed by atoms with Gasteiger partial charge in [0.2, 0.25) is 0 Å². The first kappa shape index (κ1) is 12.8. The summed E-state index contributed by atoms with van der Waals surface area (Å²) in [5.41, 5.74) is 0.690. The van der Waals surface area contributed by atoms with Gasteiger partial charge >= 0.3 is 5.97 Å². The molecule has 0 saturated heterocycles. The van der Waals surface area contributed by atoms with E-state index in [0.717, 1.165) is 0 Å². The first-order valence-electron chi connectivity index (χ1n) is 4.71. The second-order valence-corrected chi connectivity index (χ2v) is 3.64. The molecule has 1 atom stereocenters. The van der Waals surface area contributed by atoms with Crippen LogP contribution in [-0.4, -0.2) is 24.8 Å². The molecule has 1 aromatic rings. The van der Waals surface area contributed by atoms with Crippen molar-refractivity contribution in [2.24, 2.45) is 0 Å². The van der Waals surface area contributed by atoms with E-state index >= 15 is 0 Å². The predicted molar refractivity (Wildman–Crippen MR) is 59.6 cm³/mol. The zero-order chi connectivity index (χ0) is 12.1. The van der Waals surface area contributed by atoms with Crippen LogP contribution in [-0.2, 0) is 9.53 Å². The number of halogens is 1. The number of esters is 1. The third-order valence-corrected chi connectivity index (χ3v) is 2.31. The Bertz CT molecular complexity index is 376.